The Bertz CT molecular complexity index is 475. The number of nitrogens with two attached hydrogens (primary N) is 1. The van der Waals surface area contributed by atoms with E-state index < -0.39 is 11.7 Å². The zero-order valence-corrected chi connectivity index (χ0v) is 8.69. The van der Waals surface area contributed by atoms with Crippen molar-refractivity contribution in [1.82, 2.24) is 9.97 Å². The molecule has 1 fully saturated rings. The van der Waals surface area contributed by atoms with Crippen LogP contribution in [0.15, 0.2) is 4.79 Å². The molecule has 1 aromatic rings. The van der Waals surface area contributed by atoms with Crippen LogP contribution in [0.2, 0.25) is 0 Å². The van der Waals surface area contributed by atoms with E-state index in [2.05, 4.69) is 9.97 Å². The van der Waals surface area contributed by atoms with Gasteiger partial charge in [0.05, 0.1) is 0 Å². The van der Waals surface area contributed by atoms with Gasteiger partial charge in [0, 0.05) is 5.56 Å². The molecule has 1 aliphatic carbocycles. The number of carboxylic acids is 1. The number of anilines is 1. The van der Waals surface area contributed by atoms with Crippen molar-refractivity contribution >= 4 is 11.8 Å². The first-order valence-corrected chi connectivity index (χ1v) is 5.22. The fraction of sp³-hybridized carbons (Fsp3) is 0.500. The van der Waals surface area contributed by atoms with Gasteiger partial charge in [0.2, 0.25) is 0 Å². The summed E-state index contributed by atoms with van der Waals surface area (Å²) in [4.78, 5) is 27.9. The Morgan fingerprint density at radius 2 is 2.06 bits per heavy atom. The van der Waals surface area contributed by atoms with E-state index in [1.807, 2.05) is 0 Å². The third-order valence-electron chi connectivity index (χ3n) is 2.98. The number of aromatic amines is 1. The summed E-state index contributed by atoms with van der Waals surface area (Å²) < 4.78 is 0. The lowest BCUT2D eigenvalue weighted by atomic mass is 9.96. The Kier molecular flexibility index (Phi) is 2.64. The molecule has 0 atom stereocenters. The largest absolute Gasteiger partial charge is 0.477 e. The summed E-state index contributed by atoms with van der Waals surface area (Å²) >= 11 is 0. The van der Waals surface area contributed by atoms with Crippen LogP contribution in [-0.4, -0.2) is 21.0 Å². The highest BCUT2D eigenvalue weighted by atomic mass is 16.4. The van der Waals surface area contributed by atoms with E-state index in [0.717, 1.165) is 25.7 Å². The summed E-state index contributed by atoms with van der Waals surface area (Å²) in [5.41, 5.74) is 5.32. The zero-order valence-electron chi connectivity index (χ0n) is 8.69. The average Bonchev–Trinajstić information content (AvgIpc) is 2.69. The molecule has 0 aliphatic heterocycles. The molecule has 6 heteroatoms. The lowest BCUT2D eigenvalue weighted by molar-refractivity contribution is 0.0688. The first kappa shape index (κ1) is 10.7. The lowest BCUT2D eigenvalue weighted by Gasteiger charge is -2.13. The Morgan fingerprint density at radius 1 is 1.44 bits per heavy atom. The Balaban J connectivity index is 2.56. The normalized spacial score (nSPS) is 16.5. The van der Waals surface area contributed by atoms with Crippen LogP contribution in [0.5, 0.6) is 0 Å². The minimum absolute atomic E-state index is 0.0491. The molecule has 0 amide bonds. The van der Waals surface area contributed by atoms with Crippen molar-refractivity contribution in [2.75, 3.05) is 5.73 Å². The fourth-order valence-corrected chi connectivity index (χ4v) is 2.30. The SMILES string of the molecule is Nc1nc(=O)[nH]c(C(=O)O)c1C1CCCC1. The predicted octanol–water partition coefficient (Wildman–Crippen LogP) is 0.708. The standard InChI is InChI=1S/C10H13N3O3/c11-8-6(5-3-1-2-4-5)7(9(14)15)12-10(16)13-8/h5H,1-4H2,(H,14,15)(H3,11,12,13,16). The molecule has 1 heterocycles. The van der Waals surface area contributed by atoms with Gasteiger partial charge < -0.3 is 10.8 Å². The van der Waals surface area contributed by atoms with Crippen LogP contribution >= 0.6 is 0 Å². The number of H-pyrrole nitrogens is 1. The third kappa shape index (κ3) is 1.78. The topological polar surface area (TPSA) is 109 Å². The molecule has 0 spiro atoms. The summed E-state index contributed by atoms with van der Waals surface area (Å²) in [6, 6.07) is 0. The van der Waals surface area contributed by atoms with Gasteiger partial charge in [0.15, 0.2) is 0 Å². The van der Waals surface area contributed by atoms with Gasteiger partial charge in [-0.05, 0) is 18.8 Å². The van der Waals surface area contributed by atoms with E-state index in [1.165, 1.54) is 0 Å². The summed E-state index contributed by atoms with van der Waals surface area (Å²) in [6.45, 7) is 0. The van der Waals surface area contributed by atoms with Crippen molar-refractivity contribution in [3.8, 4) is 0 Å². The summed E-state index contributed by atoms with van der Waals surface area (Å²) in [5.74, 6) is -1.00. The van der Waals surface area contributed by atoms with Crippen LogP contribution in [0.1, 0.15) is 47.7 Å². The molecule has 16 heavy (non-hydrogen) atoms. The van der Waals surface area contributed by atoms with Gasteiger partial charge in [-0.3, -0.25) is 4.98 Å². The zero-order chi connectivity index (χ0) is 11.7. The molecular weight excluding hydrogens is 210 g/mol. The summed E-state index contributed by atoms with van der Waals surface area (Å²) in [5, 5.41) is 9.02. The molecule has 1 aromatic heterocycles. The molecule has 1 saturated carbocycles. The monoisotopic (exact) mass is 223 g/mol. The minimum atomic E-state index is -1.16. The van der Waals surface area contributed by atoms with E-state index in [-0.39, 0.29) is 17.4 Å². The van der Waals surface area contributed by atoms with E-state index in [9.17, 15) is 9.59 Å². The van der Waals surface area contributed by atoms with Gasteiger partial charge >= 0.3 is 11.7 Å². The molecule has 0 aromatic carbocycles. The van der Waals surface area contributed by atoms with Crippen molar-refractivity contribution in [2.24, 2.45) is 0 Å². The second-order valence-electron chi connectivity index (χ2n) is 4.00. The number of nitrogens with zero attached hydrogens (tertiary/aromatic N) is 1. The molecule has 1 aliphatic rings. The number of carboxylic acid groups (broad SMARTS) is 1. The fourth-order valence-electron chi connectivity index (χ4n) is 2.30. The second-order valence-corrected chi connectivity index (χ2v) is 4.00. The molecule has 4 N–H and O–H groups in total. The molecule has 0 saturated heterocycles. The number of carbonyl (C=O) groups is 1. The van der Waals surface area contributed by atoms with Crippen LogP contribution in [0.25, 0.3) is 0 Å². The van der Waals surface area contributed by atoms with Crippen molar-refractivity contribution in [2.45, 2.75) is 31.6 Å². The first-order chi connectivity index (χ1) is 7.59. The number of hydrogen-bond donors (Lipinski definition) is 3. The maximum atomic E-state index is 11.1. The number of aromatic nitrogens is 2. The number of rotatable bonds is 2. The highest BCUT2D eigenvalue weighted by Crippen LogP contribution is 2.37. The lowest BCUT2D eigenvalue weighted by Crippen LogP contribution is -2.22. The van der Waals surface area contributed by atoms with Crippen molar-refractivity contribution in [3.05, 3.63) is 21.7 Å². The number of nitrogen functional groups attached to an aromatic ring is 1. The van der Waals surface area contributed by atoms with Gasteiger partial charge in [-0.1, -0.05) is 12.8 Å². The second kappa shape index (κ2) is 3.96. The molecule has 0 bridgehead atoms. The number of aromatic carboxylic acids is 1. The smallest absolute Gasteiger partial charge is 0.352 e. The quantitative estimate of drug-likeness (QED) is 0.684. The number of nitrogens with one attached hydrogen (secondary N) is 1. The molecule has 86 valence electrons. The third-order valence-corrected chi connectivity index (χ3v) is 2.98. The average molecular weight is 223 g/mol. The highest BCUT2D eigenvalue weighted by Gasteiger charge is 2.26. The van der Waals surface area contributed by atoms with Gasteiger partial charge in [0.25, 0.3) is 0 Å². The van der Waals surface area contributed by atoms with Gasteiger partial charge in [-0.2, -0.15) is 4.98 Å². The maximum absolute atomic E-state index is 11.1. The van der Waals surface area contributed by atoms with Crippen LogP contribution < -0.4 is 11.4 Å². The van der Waals surface area contributed by atoms with Crippen molar-refractivity contribution in [3.63, 3.8) is 0 Å². The summed E-state index contributed by atoms with van der Waals surface area (Å²) in [7, 11) is 0. The van der Waals surface area contributed by atoms with Gasteiger partial charge in [0.1, 0.15) is 11.5 Å². The highest BCUT2D eigenvalue weighted by molar-refractivity contribution is 5.88. The summed E-state index contributed by atoms with van der Waals surface area (Å²) in [6.07, 6.45) is 3.92. The molecule has 2 rings (SSSR count). The van der Waals surface area contributed by atoms with Crippen LogP contribution in [-0.2, 0) is 0 Å². The first-order valence-electron chi connectivity index (χ1n) is 5.22. The molecule has 0 unspecified atom stereocenters. The van der Waals surface area contributed by atoms with E-state index in [0.29, 0.717) is 5.56 Å². The predicted molar refractivity (Wildman–Crippen MR) is 57.4 cm³/mol. The van der Waals surface area contributed by atoms with Crippen LogP contribution in [0, 0.1) is 0 Å². The van der Waals surface area contributed by atoms with Crippen LogP contribution in [0.4, 0.5) is 5.82 Å². The minimum Gasteiger partial charge on any atom is -0.477 e. The maximum Gasteiger partial charge on any atom is 0.352 e. The Morgan fingerprint density at radius 3 is 2.62 bits per heavy atom. The van der Waals surface area contributed by atoms with Gasteiger partial charge in [-0.25, -0.2) is 9.59 Å². The molecular formula is C10H13N3O3. The Hall–Kier alpha value is -1.85. The Labute approximate surface area is 91.5 Å². The molecule has 0 radical (unpaired) electrons. The van der Waals surface area contributed by atoms with Crippen molar-refractivity contribution < 1.29 is 9.90 Å². The van der Waals surface area contributed by atoms with E-state index in [4.69, 9.17) is 10.8 Å². The number of hydrogen-bond acceptors (Lipinski definition) is 4. The van der Waals surface area contributed by atoms with E-state index >= 15 is 0 Å². The van der Waals surface area contributed by atoms with E-state index in [1.54, 1.807) is 0 Å². The van der Waals surface area contributed by atoms with Gasteiger partial charge in [-0.15, -0.1) is 0 Å². The molecule has 6 nitrogen and oxygen atoms in total. The van der Waals surface area contributed by atoms with Crippen molar-refractivity contribution in [1.29, 1.82) is 0 Å². The van der Waals surface area contributed by atoms with Crippen LogP contribution in [0.3, 0.4) is 0 Å².